The van der Waals surface area contributed by atoms with Gasteiger partial charge in [-0.3, -0.25) is 4.79 Å². The minimum atomic E-state index is -0.218. The minimum absolute atomic E-state index is 0.0962. The van der Waals surface area contributed by atoms with Crippen LogP contribution in [-0.2, 0) is 4.79 Å². The summed E-state index contributed by atoms with van der Waals surface area (Å²) in [4.78, 5) is 15.7. The van der Waals surface area contributed by atoms with Gasteiger partial charge in [-0.2, -0.15) is 0 Å². The Morgan fingerprint density at radius 1 is 1.03 bits per heavy atom. The molecule has 1 aliphatic carbocycles. The minimum Gasteiger partial charge on any atom is -0.375 e. The summed E-state index contributed by atoms with van der Waals surface area (Å²) in [5.74, 6) is 0.0740. The topological polar surface area (TPSA) is 44.4 Å². The Kier molecular flexibility index (Phi) is 5.35. The molecule has 4 nitrogen and oxygen atoms in total. The third-order valence-electron chi connectivity index (χ3n) is 6.34. The highest BCUT2D eigenvalue weighted by molar-refractivity contribution is 5.90. The van der Waals surface area contributed by atoms with E-state index in [2.05, 4.69) is 98.7 Å². The van der Waals surface area contributed by atoms with Crippen LogP contribution in [0.2, 0.25) is 0 Å². The quantitative estimate of drug-likeness (QED) is 0.665. The Morgan fingerprint density at radius 2 is 1.73 bits per heavy atom. The molecule has 2 aromatic rings. The molecule has 2 N–H and O–H groups in total. The lowest BCUT2D eigenvalue weighted by Crippen LogP contribution is -2.36. The fourth-order valence-corrected chi connectivity index (χ4v) is 4.82. The van der Waals surface area contributed by atoms with Crippen LogP contribution >= 0.6 is 0 Å². The van der Waals surface area contributed by atoms with E-state index in [1.165, 1.54) is 11.3 Å². The normalized spacial score (nSPS) is 22.0. The maximum Gasteiger partial charge on any atom is 0.145 e. The van der Waals surface area contributed by atoms with Crippen LogP contribution in [0.5, 0.6) is 0 Å². The summed E-state index contributed by atoms with van der Waals surface area (Å²) in [7, 11) is 0. The molecule has 0 unspecified atom stereocenters. The Balaban J connectivity index is 1.79. The van der Waals surface area contributed by atoms with Crippen molar-refractivity contribution in [1.29, 1.82) is 0 Å². The van der Waals surface area contributed by atoms with Gasteiger partial charge in [0.05, 0.1) is 23.3 Å². The molecular formula is C26H33N3O. The summed E-state index contributed by atoms with van der Waals surface area (Å²) >= 11 is 0. The van der Waals surface area contributed by atoms with E-state index in [0.717, 1.165) is 35.7 Å². The number of ketones is 1. The van der Waals surface area contributed by atoms with Crippen molar-refractivity contribution in [3.63, 3.8) is 0 Å². The number of carbonyl (C=O) groups is 1. The van der Waals surface area contributed by atoms with E-state index < -0.39 is 0 Å². The number of Topliss-reactive ketones (excluding diaryl/α,β-unsaturated/α-hetero) is 1. The maximum atomic E-state index is 13.3. The summed E-state index contributed by atoms with van der Waals surface area (Å²) < 4.78 is 0. The molecule has 158 valence electrons. The fraction of sp³-hybridized carbons (Fsp3) is 0.423. The predicted octanol–water partition coefficient (Wildman–Crippen LogP) is 5.92. The number of rotatable bonds is 4. The summed E-state index contributed by atoms with van der Waals surface area (Å²) in [6.07, 6.45) is 2.82. The molecule has 0 amide bonds. The second-order valence-corrected chi connectivity index (χ2v) is 9.27. The molecule has 2 atom stereocenters. The van der Waals surface area contributed by atoms with E-state index in [1.54, 1.807) is 0 Å². The number of aryl methyl sites for hydroxylation is 1. The third kappa shape index (κ3) is 3.83. The molecule has 1 heterocycles. The van der Waals surface area contributed by atoms with E-state index in [1.807, 2.05) is 0 Å². The molecule has 30 heavy (non-hydrogen) atoms. The Hall–Kier alpha value is -2.75. The van der Waals surface area contributed by atoms with Gasteiger partial charge in [0.1, 0.15) is 5.78 Å². The van der Waals surface area contributed by atoms with Gasteiger partial charge in [0.15, 0.2) is 0 Å². The van der Waals surface area contributed by atoms with Gasteiger partial charge in [-0.25, -0.2) is 0 Å². The van der Waals surface area contributed by atoms with Gasteiger partial charge in [0.25, 0.3) is 0 Å². The Morgan fingerprint density at radius 3 is 2.40 bits per heavy atom. The molecule has 0 fully saturated rings. The van der Waals surface area contributed by atoms with Gasteiger partial charge in [0.2, 0.25) is 0 Å². The molecule has 2 aromatic carbocycles. The third-order valence-corrected chi connectivity index (χ3v) is 6.34. The zero-order valence-corrected chi connectivity index (χ0v) is 18.8. The van der Waals surface area contributed by atoms with Gasteiger partial charge in [-0.05, 0) is 61.6 Å². The first kappa shape index (κ1) is 20.5. The molecule has 4 rings (SSSR count). The molecule has 4 heteroatoms. The van der Waals surface area contributed by atoms with Crippen LogP contribution in [0, 0.1) is 18.3 Å². The first-order valence-corrected chi connectivity index (χ1v) is 11.1. The van der Waals surface area contributed by atoms with Crippen LogP contribution in [0.4, 0.5) is 17.1 Å². The van der Waals surface area contributed by atoms with Crippen molar-refractivity contribution in [2.24, 2.45) is 11.3 Å². The number of fused-ring (bicyclic) bond motifs is 2. The predicted molar refractivity (Wildman–Crippen MR) is 126 cm³/mol. The molecule has 0 saturated carbocycles. The van der Waals surface area contributed by atoms with E-state index in [-0.39, 0.29) is 17.4 Å². The van der Waals surface area contributed by atoms with Crippen molar-refractivity contribution in [2.45, 2.75) is 47.1 Å². The molecule has 0 spiro atoms. The highest BCUT2D eigenvalue weighted by Crippen LogP contribution is 2.45. The van der Waals surface area contributed by atoms with E-state index in [9.17, 15) is 4.79 Å². The van der Waals surface area contributed by atoms with Crippen LogP contribution in [0.3, 0.4) is 0 Å². The van der Waals surface area contributed by atoms with Crippen molar-refractivity contribution in [3.05, 3.63) is 65.4 Å². The lowest BCUT2D eigenvalue weighted by molar-refractivity contribution is -0.124. The lowest BCUT2D eigenvalue weighted by atomic mass is 9.72. The van der Waals surface area contributed by atoms with Crippen molar-refractivity contribution in [3.8, 4) is 0 Å². The van der Waals surface area contributed by atoms with Crippen molar-refractivity contribution in [1.82, 2.24) is 0 Å². The van der Waals surface area contributed by atoms with Crippen molar-refractivity contribution >= 4 is 22.8 Å². The number of anilines is 3. The lowest BCUT2D eigenvalue weighted by Gasteiger charge is -2.35. The highest BCUT2D eigenvalue weighted by atomic mass is 16.1. The molecule has 0 aromatic heterocycles. The SMILES string of the molecule is CCN(CC)c1ccc([C@@H]2Nc3cc(C)ccc3NC3=CC(C)(C)CC(=O)[C@H]32)cc1. The van der Waals surface area contributed by atoms with Gasteiger partial charge in [-0.1, -0.05) is 38.1 Å². The molecule has 0 bridgehead atoms. The number of benzene rings is 2. The first-order chi connectivity index (χ1) is 14.3. The fourth-order valence-electron chi connectivity index (χ4n) is 4.82. The van der Waals surface area contributed by atoms with Crippen molar-refractivity contribution in [2.75, 3.05) is 28.6 Å². The largest absolute Gasteiger partial charge is 0.375 e. The maximum absolute atomic E-state index is 13.3. The van der Waals surface area contributed by atoms with E-state index in [4.69, 9.17) is 0 Å². The molecule has 0 radical (unpaired) electrons. The van der Waals surface area contributed by atoms with Crippen LogP contribution in [0.15, 0.2) is 54.2 Å². The van der Waals surface area contributed by atoms with Crippen LogP contribution in [0.1, 0.15) is 51.3 Å². The monoisotopic (exact) mass is 403 g/mol. The standard InChI is InChI=1S/C26H33N3O/c1-6-29(7-2)19-11-9-18(10-12-19)25-24-22(15-26(4,5)16-23(24)30)27-20-13-8-17(3)14-21(20)28-25/h8-15,24-25,27-28H,6-7,16H2,1-5H3/t24-,25-/m0/s1. The summed E-state index contributed by atoms with van der Waals surface area (Å²) in [6.45, 7) is 12.7. The van der Waals surface area contributed by atoms with Gasteiger partial charge >= 0.3 is 0 Å². The van der Waals surface area contributed by atoms with Gasteiger partial charge < -0.3 is 15.5 Å². The summed E-state index contributed by atoms with van der Waals surface area (Å²) in [6, 6.07) is 15.0. The Labute approximate surface area is 180 Å². The van der Waals surface area contributed by atoms with Crippen molar-refractivity contribution < 1.29 is 4.79 Å². The zero-order chi connectivity index (χ0) is 21.5. The summed E-state index contributed by atoms with van der Waals surface area (Å²) in [5.41, 5.74) is 6.53. The second kappa shape index (κ2) is 7.82. The summed E-state index contributed by atoms with van der Waals surface area (Å²) in [5, 5.41) is 7.30. The van der Waals surface area contributed by atoms with Gasteiger partial charge in [-0.15, -0.1) is 0 Å². The number of hydrogen-bond donors (Lipinski definition) is 2. The number of nitrogens with one attached hydrogen (secondary N) is 2. The molecule has 1 aliphatic heterocycles. The zero-order valence-electron chi connectivity index (χ0n) is 18.8. The van der Waals surface area contributed by atoms with E-state index >= 15 is 0 Å². The molecule has 0 saturated heterocycles. The Bertz CT molecular complexity index is 970. The van der Waals surface area contributed by atoms with Crippen LogP contribution in [0.25, 0.3) is 0 Å². The van der Waals surface area contributed by atoms with Gasteiger partial charge in [0, 0.05) is 30.9 Å². The second-order valence-electron chi connectivity index (χ2n) is 9.27. The smallest absolute Gasteiger partial charge is 0.145 e. The number of carbonyl (C=O) groups excluding carboxylic acids is 1. The van der Waals surface area contributed by atoms with E-state index in [0.29, 0.717) is 12.2 Å². The first-order valence-electron chi connectivity index (χ1n) is 11.1. The average molecular weight is 404 g/mol. The van der Waals surface area contributed by atoms with Crippen LogP contribution in [-0.4, -0.2) is 18.9 Å². The van der Waals surface area contributed by atoms with Crippen LogP contribution < -0.4 is 15.5 Å². The average Bonchev–Trinajstić information content (AvgIpc) is 2.85. The molecular weight excluding hydrogens is 370 g/mol. The molecule has 2 aliphatic rings. The highest BCUT2D eigenvalue weighted by Gasteiger charge is 2.41. The number of allylic oxidation sites excluding steroid dienone is 1. The number of nitrogens with zero attached hydrogens (tertiary/aromatic N) is 1. The number of hydrogen-bond acceptors (Lipinski definition) is 4.